The van der Waals surface area contributed by atoms with Gasteiger partial charge in [-0.1, -0.05) is 31.9 Å². The summed E-state index contributed by atoms with van der Waals surface area (Å²) in [5.74, 6) is 0. The number of nitrogens with zero attached hydrogens (tertiary/aromatic N) is 1. The van der Waals surface area contributed by atoms with E-state index in [9.17, 15) is 0 Å². The van der Waals surface area contributed by atoms with Crippen LogP contribution in [0.4, 0.5) is 0 Å². The summed E-state index contributed by atoms with van der Waals surface area (Å²) < 4.78 is 0. The van der Waals surface area contributed by atoms with E-state index in [1.165, 1.54) is 0 Å². The molecule has 0 radical (unpaired) electrons. The second-order valence-electron chi connectivity index (χ2n) is 2.01. The summed E-state index contributed by atoms with van der Waals surface area (Å²) in [4.78, 5) is 2.73. The molecule has 0 spiro atoms. The summed E-state index contributed by atoms with van der Waals surface area (Å²) >= 11 is 6.86. The first-order valence-corrected chi connectivity index (χ1v) is 4.55. The Morgan fingerprint density at radius 3 is 2.12 bits per heavy atom. The van der Waals surface area contributed by atoms with Crippen LogP contribution in [0.1, 0.15) is 0 Å². The molecule has 0 N–H and O–H groups in total. The van der Waals surface area contributed by atoms with Crippen LogP contribution in [-0.2, 0) is 0 Å². The molecule has 0 aliphatic heterocycles. The quantitative estimate of drug-likeness (QED) is 0.684. The maximum Gasteiger partial charge on any atom is 0.0369 e. The maximum atomic E-state index is 3.49. The summed E-state index contributed by atoms with van der Waals surface area (Å²) in [5.41, 5.74) is 0. The highest BCUT2D eigenvalue weighted by Gasteiger charge is 2.00. The Balaban J connectivity index is 3.10. The van der Waals surface area contributed by atoms with Gasteiger partial charge in [0.05, 0.1) is 0 Å². The van der Waals surface area contributed by atoms with Crippen molar-refractivity contribution in [1.82, 2.24) is 4.90 Å². The van der Waals surface area contributed by atoms with E-state index in [2.05, 4.69) is 50.9 Å². The first-order chi connectivity index (χ1) is 3.66. The minimum Gasteiger partial charge on any atom is -0.308 e. The lowest BCUT2D eigenvalue weighted by Crippen LogP contribution is -2.22. The third kappa shape index (κ3) is 5.06. The minimum atomic E-state index is 0.581. The summed E-state index contributed by atoms with van der Waals surface area (Å²) in [5, 5.41) is 1.02. The van der Waals surface area contributed by atoms with Crippen LogP contribution in [0.25, 0.3) is 0 Å². The molecule has 0 aromatic carbocycles. The van der Waals surface area contributed by atoms with Crippen LogP contribution in [0, 0.1) is 0 Å². The predicted molar refractivity (Wildman–Crippen MR) is 45.1 cm³/mol. The fourth-order valence-corrected chi connectivity index (χ4v) is 1.23. The summed E-state index contributed by atoms with van der Waals surface area (Å²) in [6.07, 6.45) is 0. The lowest BCUT2D eigenvalue weighted by Gasteiger charge is -2.11. The molecule has 0 saturated heterocycles. The van der Waals surface area contributed by atoms with Gasteiger partial charge in [0.15, 0.2) is 0 Å². The average molecular weight is 245 g/mol. The molecule has 0 bridgehead atoms. The van der Waals surface area contributed by atoms with Crippen molar-refractivity contribution in [2.24, 2.45) is 0 Å². The van der Waals surface area contributed by atoms with Crippen LogP contribution < -0.4 is 0 Å². The number of hydrogen-bond acceptors (Lipinski definition) is 1. The van der Waals surface area contributed by atoms with Crippen LogP contribution in [0.5, 0.6) is 0 Å². The molecule has 0 aromatic heterocycles. The third-order valence-electron chi connectivity index (χ3n) is 0.731. The average Bonchev–Trinajstić information content (AvgIpc) is 1.65. The van der Waals surface area contributed by atoms with Gasteiger partial charge in [0.2, 0.25) is 0 Å². The van der Waals surface area contributed by atoms with E-state index < -0.39 is 0 Å². The maximum absolute atomic E-state index is 3.49. The van der Waals surface area contributed by atoms with Gasteiger partial charge in [-0.25, -0.2) is 0 Å². The monoisotopic (exact) mass is 243 g/mol. The second-order valence-corrected chi connectivity index (χ2v) is 3.96. The van der Waals surface area contributed by atoms with Crippen molar-refractivity contribution in [3.8, 4) is 0 Å². The van der Waals surface area contributed by atoms with Gasteiger partial charge in [-0.05, 0) is 14.1 Å². The van der Waals surface area contributed by atoms with Crippen molar-refractivity contribution < 1.29 is 0 Å². The van der Waals surface area contributed by atoms with Gasteiger partial charge >= 0.3 is 0 Å². The van der Waals surface area contributed by atoms with E-state index >= 15 is 0 Å². The molecule has 3 heteroatoms. The molecule has 0 heterocycles. The zero-order valence-corrected chi connectivity index (χ0v) is 8.37. The van der Waals surface area contributed by atoms with Crippen LogP contribution in [0.2, 0.25) is 0 Å². The highest BCUT2D eigenvalue weighted by molar-refractivity contribution is 9.12. The Labute approximate surface area is 67.7 Å². The van der Waals surface area contributed by atoms with Crippen LogP contribution in [0.15, 0.2) is 0 Å². The molecule has 1 atom stereocenters. The number of halogens is 2. The van der Waals surface area contributed by atoms with Crippen molar-refractivity contribution in [1.29, 1.82) is 0 Å². The van der Waals surface area contributed by atoms with Gasteiger partial charge < -0.3 is 4.90 Å². The lowest BCUT2D eigenvalue weighted by molar-refractivity contribution is 0.417. The molecule has 0 aliphatic carbocycles. The topological polar surface area (TPSA) is 3.24 Å². The zero-order chi connectivity index (χ0) is 6.57. The smallest absolute Gasteiger partial charge is 0.0369 e. The normalized spacial score (nSPS) is 14.6. The van der Waals surface area contributed by atoms with Crippen molar-refractivity contribution in [2.45, 2.75) is 4.83 Å². The standard InChI is InChI=1S/C5H11Br2N/c1-8(2)4-5(7)3-6/h5H,3-4H2,1-2H3. The number of hydrogen-bond donors (Lipinski definition) is 0. The second kappa shape index (κ2) is 4.77. The fourth-order valence-electron chi connectivity index (χ4n) is 0.445. The van der Waals surface area contributed by atoms with E-state index in [-0.39, 0.29) is 0 Å². The third-order valence-corrected chi connectivity index (χ3v) is 2.99. The molecule has 0 rings (SSSR count). The molecule has 0 aliphatic rings. The zero-order valence-electron chi connectivity index (χ0n) is 5.19. The van der Waals surface area contributed by atoms with E-state index in [0.717, 1.165) is 11.9 Å². The van der Waals surface area contributed by atoms with Gasteiger partial charge in [0.25, 0.3) is 0 Å². The van der Waals surface area contributed by atoms with Crippen molar-refractivity contribution in [3.05, 3.63) is 0 Å². The summed E-state index contributed by atoms with van der Waals surface area (Å²) in [6.45, 7) is 1.09. The molecule has 0 amide bonds. The molecule has 50 valence electrons. The molecule has 8 heavy (non-hydrogen) atoms. The molecule has 1 nitrogen and oxygen atoms in total. The van der Waals surface area contributed by atoms with Gasteiger partial charge in [-0.15, -0.1) is 0 Å². The fraction of sp³-hybridized carbons (Fsp3) is 1.00. The number of alkyl halides is 2. The van der Waals surface area contributed by atoms with Gasteiger partial charge in [0, 0.05) is 16.7 Å². The van der Waals surface area contributed by atoms with E-state index in [0.29, 0.717) is 4.83 Å². The predicted octanol–water partition coefficient (Wildman–Crippen LogP) is 1.71. The highest BCUT2D eigenvalue weighted by atomic mass is 79.9. The first-order valence-electron chi connectivity index (χ1n) is 2.51. The van der Waals surface area contributed by atoms with Crippen LogP contribution >= 0.6 is 31.9 Å². The van der Waals surface area contributed by atoms with Gasteiger partial charge in [-0.3, -0.25) is 0 Å². The molecule has 1 unspecified atom stereocenters. The van der Waals surface area contributed by atoms with Gasteiger partial charge in [-0.2, -0.15) is 0 Å². The van der Waals surface area contributed by atoms with Crippen molar-refractivity contribution in [3.63, 3.8) is 0 Å². The van der Waals surface area contributed by atoms with Gasteiger partial charge in [0.1, 0.15) is 0 Å². The lowest BCUT2D eigenvalue weighted by atomic mass is 10.5. The SMILES string of the molecule is CN(C)CC(Br)CBr. The Bertz CT molecular complexity index is 56.4. The number of rotatable bonds is 3. The molecular weight excluding hydrogens is 234 g/mol. The van der Waals surface area contributed by atoms with E-state index in [4.69, 9.17) is 0 Å². The Kier molecular flexibility index (Phi) is 5.31. The molecular formula is C5H11Br2N. The first kappa shape index (κ1) is 8.92. The Morgan fingerprint density at radius 2 is 2.00 bits per heavy atom. The summed E-state index contributed by atoms with van der Waals surface area (Å²) in [7, 11) is 4.13. The van der Waals surface area contributed by atoms with Crippen LogP contribution in [-0.4, -0.2) is 35.7 Å². The Hall–Kier alpha value is 0.920. The van der Waals surface area contributed by atoms with Crippen molar-refractivity contribution in [2.75, 3.05) is 26.0 Å². The molecule has 0 saturated carbocycles. The van der Waals surface area contributed by atoms with E-state index in [1.54, 1.807) is 0 Å². The van der Waals surface area contributed by atoms with Crippen LogP contribution in [0.3, 0.4) is 0 Å². The Morgan fingerprint density at radius 1 is 1.50 bits per heavy atom. The van der Waals surface area contributed by atoms with E-state index in [1.807, 2.05) is 0 Å². The highest BCUT2D eigenvalue weighted by Crippen LogP contribution is 2.03. The molecule has 0 aromatic rings. The van der Waals surface area contributed by atoms with Crippen molar-refractivity contribution >= 4 is 31.9 Å². The largest absolute Gasteiger partial charge is 0.308 e. The summed E-state index contributed by atoms with van der Waals surface area (Å²) in [6, 6.07) is 0. The molecule has 0 fully saturated rings. The minimum absolute atomic E-state index is 0.581.